The van der Waals surface area contributed by atoms with Crippen LogP contribution in [0.25, 0.3) is 0 Å². The summed E-state index contributed by atoms with van der Waals surface area (Å²) in [7, 11) is 1.60. The van der Waals surface area contributed by atoms with Crippen molar-refractivity contribution >= 4 is 24.3 Å². The van der Waals surface area contributed by atoms with E-state index in [0.717, 1.165) is 30.7 Å². The Balaban J connectivity index is 1.88. The fraction of sp³-hybridized carbons (Fsp3) is 0.562. The van der Waals surface area contributed by atoms with E-state index >= 15 is 0 Å². The maximum atomic E-state index is 12.2. The van der Waals surface area contributed by atoms with Crippen molar-refractivity contribution in [2.75, 3.05) is 25.0 Å². The molecule has 2 rings (SSSR count). The van der Waals surface area contributed by atoms with Gasteiger partial charge in [-0.2, -0.15) is 12.6 Å². The summed E-state index contributed by atoms with van der Waals surface area (Å²) in [4.78, 5) is 12.2. The van der Waals surface area contributed by atoms with Gasteiger partial charge in [0.2, 0.25) is 0 Å². The van der Waals surface area contributed by atoms with Crippen molar-refractivity contribution < 1.29 is 14.3 Å². The molecule has 1 fully saturated rings. The van der Waals surface area contributed by atoms with Crippen LogP contribution in [0.2, 0.25) is 0 Å². The van der Waals surface area contributed by atoms with Crippen molar-refractivity contribution in [3.8, 4) is 5.75 Å². The van der Waals surface area contributed by atoms with Gasteiger partial charge in [-0.25, -0.2) is 4.79 Å². The predicted molar refractivity (Wildman–Crippen MR) is 90.7 cm³/mol. The molecular formula is C16H24N2O3S. The molecule has 1 aliphatic rings. The molecule has 0 spiro atoms. The van der Waals surface area contributed by atoms with Crippen LogP contribution < -0.4 is 15.4 Å². The van der Waals surface area contributed by atoms with Gasteiger partial charge in [-0.05, 0) is 25.0 Å². The van der Waals surface area contributed by atoms with Crippen LogP contribution in [0.15, 0.2) is 24.3 Å². The molecule has 0 unspecified atom stereocenters. The van der Waals surface area contributed by atoms with E-state index in [1.165, 1.54) is 6.42 Å². The molecule has 0 aromatic heterocycles. The second-order valence-corrected chi connectivity index (χ2v) is 5.74. The van der Waals surface area contributed by atoms with Crippen LogP contribution in [0.3, 0.4) is 0 Å². The number of methoxy groups -OCH3 is 1. The van der Waals surface area contributed by atoms with E-state index in [4.69, 9.17) is 9.47 Å². The third kappa shape index (κ3) is 5.10. The van der Waals surface area contributed by atoms with Gasteiger partial charge in [0.15, 0.2) is 0 Å². The Labute approximate surface area is 137 Å². The Morgan fingerprint density at radius 1 is 1.36 bits per heavy atom. The molecule has 1 saturated carbocycles. The van der Waals surface area contributed by atoms with E-state index in [9.17, 15) is 4.79 Å². The minimum Gasteiger partial charge on any atom is -0.497 e. The first-order valence-corrected chi connectivity index (χ1v) is 8.26. The van der Waals surface area contributed by atoms with Gasteiger partial charge >= 0.3 is 6.03 Å². The Kier molecular flexibility index (Phi) is 6.86. The second kappa shape index (κ2) is 8.90. The van der Waals surface area contributed by atoms with Crippen molar-refractivity contribution in [3.63, 3.8) is 0 Å². The van der Waals surface area contributed by atoms with Gasteiger partial charge in [0.25, 0.3) is 0 Å². The van der Waals surface area contributed by atoms with Gasteiger partial charge in [0.1, 0.15) is 5.75 Å². The molecule has 122 valence electrons. The normalized spacial score (nSPS) is 21.2. The topological polar surface area (TPSA) is 59.6 Å². The number of rotatable bonds is 6. The summed E-state index contributed by atoms with van der Waals surface area (Å²) < 4.78 is 10.6. The fourth-order valence-corrected chi connectivity index (χ4v) is 2.94. The minimum absolute atomic E-state index is 0.152. The van der Waals surface area contributed by atoms with Crippen LogP contribution >= 0.6 is 12.6 Å². The lowest BCUT2D eigenvalue weighted by atomic mass is 9.85. The van der Waals surface area contributed by atoms with E-state index in [1.807, 2.05) is 18.2 Å². The number of hydrogen-bond donors (Lipinski definition) is 3. The van der Waals surface area contributed by atoms with Crippen molar-refractivity contribution in [1.29, 1.82) is 0 Å². The molecule has 5 nitrogen and oxygen atoms in total. The average Bonchev–Trinajstić information content (AvgIpc) is 2.54. The van der Waals surface area contributed by atoms with Gasteiger partial charge in [-0.15, -0.1) is 0 Å². The number of carbonyl (C=O) groups is 1. The van der Waals surface area contributed by atoms with Gasteiger partial charge < -0.3 is 20.1 Å². The zero-order chi connectivity index (χ0) is 15.8. The number of benzene rings is 1. The second-order valence-electron chi connectivity index (χ2n) is 5.48. The molecule has 22 heavy (non-hydrogen) atoms. The molecule has 1 aromatic rings. The zero-order valence-corrected chi connectivity index (χ0v) is 13.8. The van der Waals surface area contributed by atoms with E-state index in [1.54, 1.807) is 13.2 Å². The Bertz CT molecular complexity index is 484. The molecular weight excluding hydrogens is 300 g/mol. The molecule has 0 aliphatic heterocycles. The van der Waals surface area contributed by atoms with E-state index < -0.39 is 0 Å². The number of amides is 2. The summed E-state index contributed by atoms with van der Waals surface area (Å²) in [5, 5.41) is 5.92. The molecule has 0 heterocycles. The van der Waals surface area contributed by atoms with Crippen LogP contribution in [0.1, 0.15) is 25.7 Å². The number of nitrogens with one attached hydrogen (secondary N) is 2. The number of hydrogen-bond acceptors (Lipinski definition) is 4. The number of ether oxygens (including phenoxy) is 2. The Hall–Kier alpha value is -1.40. The highest BCUT2D eigenvalue weighted by molar-refractivity contribution is 7.80. The molecule has 0 saturated heterocycles. The smallest absolute Gasteiger partial charge is 0.319 e. The van der Waals surface area contributed by atoms with Gasteiger partial charge in [-0.3, -0.25) is 0 Å². The van der Waals surface area contributed by atoms with E-state index in [0.29, 0.717) is 18.5 Å². The summed E-state index contributed by atoms with van der Waals surface area (Å²) in [5.41, 5.74) is 0.718. The molecule has 6 heteroatoms. The standard InChI is InChI=1S/C16H24N2O3S/c1-20-14-7-4-6-13(9-14)17-16(19)18-15-8-3-2-5-12(15)10-21-11-22/h4,6-7,9,12,15,22H,2-3,5,8,10-11H2,1H3,(H2,17,18,19)/t12-,15+/m0/s1. The highest BCUT2D eigenvalue weighted by Gasteiger charge is 2.26. The SMILES string of the molecule is COc1cccc(NC(=O)N[C@@H]2CCCC[C@H]2COCS)c1. The zero-order valence-electron chi connectivity index (χ0n) is 12.9. The van der Waals surface area contributed by atoms with Crippen molar-refractivity contribution in [2.45, 2.75) is 31.7 Å². The summed E-state index contributed by atoms with van der Waals surface area (Å²) in [6.45, 7) is 0.646. The van der Waals surface area contributed by atoms with Crippen molar-refractivity contribution in [3.05, 3.63) is 24.3 Å². The molecule has 2 atom stereocenters. The van der Waals surface area contributed by atoms with Crippen LogP contribution in [-0.4, -0.2) is 31.7 Å². The molecule has 0 bridgehead atoms. The largest absolute Gasteiger partial charge is 0.497 e. The van der Waals surface area contributed by atoms with Crippen LogP contribution in [0, 0.1) is 5.92 Å². The molecule has 1 aromatic carbocycles. The predicted octanol–water partition coefficient (Wildman–Crippen LogP) is 3.28. The van der Waals surface area contributed by atoms with Crippen LogP contribution in [-0.2, 0) is 4.74 Å². The number of carbonyl (C=O) groups excluding carboxylic acids is 1. The highest BCUT2D eigenvalue weighted by atomic mass is 32.1. The third-order valence-corrected chi connectivity index (χ3v) is 4.16. The van der Waals surface area contributed by atoms with Gasteiger partial charge in [-0.1, -0.05) is 18.9 Å². The quantitative estimate of drug-likeness (QED) is 0.556. The first kappa shape index (κ1) is 17.0. The third-order valence-electron chi connectivity index (χ3n) is 3.98. The fourth-order valence-electron chi connectivity index (χ4n) is 2.84. The summed E-state index contributed by atoms with van der Waals surface area (Å²) in [5.74, 6) is 1.49. The minimum atomic E-state index is -0.184. The average molecular weight is 324 g/mol. The monoisotopic (exact) mass is 324 g/mol. The lowest BCUT2D eigenvalue weighted by Gasteiger charge is -2.31. The molecule has 1 aliphatic carbocycles. The Morgan fingerprint density at radius 2 is 2.18 bits per heavy atom. The Morgan fingerprint density at radius 3 is 2.95 bits per heavy atom. The lowest BCUT2D eigenvalue weighted by molar-refractivity contribution is 0.102. The number of urea groups is 1. The molecule has 0 radical (unpaired) electrons. The lowest BCUT2D eigenvalue weighted by Crippen LogP contribution is -2.45. The first-order valence-electron chi connectivity index (χ1n) is 7.63. The van der Waals surface area contributed by atoms with Crippen LogP contribution in [0.4, 0.5) is 10.5 Å². The van der Waals surface area contributed by atoms with E-state index in [-0.39, 0.29) is 12.1 Å². The maximum Gasteiger partial charge on any atom is 0.319 e. The summed E-state index contributed by atoms with van der Waals surface area (Å²) >= 11 is 4.07. The molecule has 2 amide bonds. The maximum absolute atomic E-state index is 12.2. The van der Waals surface area contributed by atoms with Crippen LogP contribution in [0.5, 0.6) is 5.75 Å². The summed E-state index contributed by atoms with van der Waals surface area (Å²) in [6, 6.07) is 7.29. The highest BCUT2D eigenvalue weighted by Crippen LogP contribution is 2.25. The van der Waals surface area contributed by atoms with E-state index in [2.05, 4.69) is 23.3 Å². The van der Waals surface area contributed by atoms with Gasteiger partial charge in [0, 0.05) is 23.7 Å². The first-order chi connectivity index (χ1) is 10.7. The van der Waals surface area contributed by atoms with Gasteiger partial charge in [0.05, 0.1) is 19.7 Å². The van der Waals surface area contributed by atoms with Crippen molar-refractivity contribution in [2.24, 2.45) is 5.92 Å². The van der Waals surface area contributed by atoms with Crippen molar-refractivity contribution in [1.82, 2.24) is 5.32 Å². The number of anilines is 1. The molecule has 2 N–H and O–H groups in total. The number of thiol groups is 1. The summed E-state index contributed by atoms with van der Waals surface area (Å²) in [6.07, 6.45) is 4.40.